The summed E-state index contributed by atoms with van der Waals surface area (Å²) in [5.41, 5.74) is 6.71. The molecule has 0 aliphatic rings. The van der Waals surface area contributed by atoms with E-state index in [1.165, 1.54) is 0 Å². The fourth-order valence-corrected chi connectivity index (χ4v) is 1.47. The van der Waals surface area contributed by atoms with Crippen LogP contribution in [0.3, 0.4) is 0 Å². The summed E-state index contributed by atoms with van der Waals surface area (Å²) in [7, 11) is 1.73. The van der Waals surface area contributed by atoms with E-state index in [9.17, 15) is 4.79 Å². The van der Waals surface area contributed by atoms with E-state index in [0.29, 0.717) is 13.0 Å². The van der Waals surface area contributed by atoms with Crippen molar-refractivity contribution in [3.63, 3.8) is 0 Å². The van der Waals surface area contributed by atoms with Crippen LogP contribution < -0.4 is 5.73 Å². The van der Waals surface area contributed by atoms with Gasteiger partial charge >= 0.3 is 0 Å². The van der Waals surface area contributed by atoms with Crippen molar-refractivity contribution in [3.8, 4) is 0 Å². The van der Waals surface area contributed by atoms with Gasteiger partial charge in [-0.3, -0.25) is 4.79 Å². The molecule has 1 aromatic rings. The van der Waals surface area contributed by atoms with E-state index in [1.807, 2.05) is 13.0 Å². The molecule has 4 nitrogen and oxygen atoms in total. The van der Waals surface area contributed by atoms with Crippen molar-refractivity contribution in [2.75, 3.05) is 7.05 Å². The predicted molar refractivity (Wildman–Crippen MR) is 62.7 cm³/mol. The zero-order chi connectivity index (χ0) is 12.1. The highest BCUT2D eigenvalue weighted by Gasteiger charge is 2.17. The van der Waals surface area contributed by atoms with Gasteiger partial charge in [0.2, 0.25) is 5.91 Å². The fourth-order valence-electron chi connectivity index (χ4n) is 1.47. The molecule has 0 aliphatic carbocycles. The first-order chi connectivity index (χ1) is 7.56. The lowest BCUT2D eigenvalue weighted by Crippen LogP contribution is -2.41. The van der Waals surface area contributed by atoms with Gasteiger partial charge in [0.05, 0.1) is 12.3 Å². The van der Waals surface area contributed by atoms with Gasteiger partial charge in [0, 0.05) is 19.2 Å². The van der Waals surface area contributed by atoms with Crippen LogP contribution in [0.5, 0.6) is 0 Å². The number of aryl methyl sites for hydroxylation is 1. The zero-order valence-corrected chi connectivity index (χ0v) is 9.77. The Morgan fingerprint density at radius 2 is 2.44 bits per heavy atom. The number of hydrogen-bond acceptors (Lipinski definition) is 3. The normalized spacial score (nSPS) is 12.2. The third kappa shape index (κ3) is 2.97. The Kier molecular flexibility index (Phi) is 4.31. The highest BCUT2D eigenvalue weighted by Crippen LogP contribution is 2.11. The topological polar surface area (TPSA) is 59.5 Å². The van der Waals surface area contributed by atoms with Crippen molar-refractivity contribution < 1.29 is 9.21 Å². The third-order valence-electron chi connectivity index (χ3n) is 2.49. The number of rotatable bonds is 5. The van der Waals surface area contributed by atoms with E-state index >= 15 is 0 Å². The summed E-state index contributed by atoms with van der Waals surface area (Å²) in [6, 6.07) is 1.35. The molecule has 0 radical (unpaired) electrons. The van der Waals surface area contributed by atoms with Gasteiger partial charge in [-0.05, 0) is 19.4 Å². The van der Waals surface area contributed by atoms with Crippen molar-refractivity contribution in [1.29, 1.82) is 0 Å². The van der Waals surface area contributed by atoms with Gasteiger partial charge in [-0.15, -0.1) is 6.58 Å². The maximum Gasteiger partial charge on any atom is 0.239 e. The Morgan fingerprint density at radius 1 is 1.75 bits per heavy atom. The number of amides is 1. The van der Waals surface area contributed by atoms with Crippen LogP contribution in [0.4, 0.5) is 0 Å². The minimum Gasteiger partial charge on any atom is -0.469 e. The van der Waals surface area contributed by atoms with Crippen molar-refractivity contribution in [3.05, 3.63) is 36.3 Å². The minimum absolute atomic E-state index is 0.0829. The van der Waals surface area contributed by atoms with Gasteiger partial charge in [-0.1, -0.05) is 6.08 Å². The third-order valence-corrected chi connectivity index (χ3v) is 2.49. The monoisotopic (exact) mass is 222 g/mol. The molecule has 1 aromatic heterocycles. The fraction of sp³-hybridized carbons (Fsp3) is 0.417. The lowest BCUT2D eigenvalue weighted by Gasteiger charge is -2.20. The van der Waals surface area contributed by atoms with Crippen LogP contribution in [0.1, 0.15) is 17.7 Å². The summed E-state index contributed by atoms with van der Waals surface area (Å²) in [6.07, 6.45) is 3.76. The Labute approximate surface area is 95.7 Å². The van der Waals surface area contributed by atoms with Crippen molar-refractivity contribution in [2.24, 2.45) is 5.73 Å². The molecule has 1 heterocycles. The predicted octanol–water partition coefficient (Wildman–Crippen LogP) is 1.45. The van der Waals surface area contributed by atoms with Crippen molar-refractivity contribution >= 4 is 5.91 Å². The molecule has 1 atom stereocenters. The second kappa shape index (κ2) is 5.51. The molecular formula is C12H18N2O2. The number of nitrogens with two attached hydrogens (primary N) is 1. The molecule has 0 spiro atoms. The molecule has 0 aliphatic heterocycles. The van der Waals surface area contributed by atoms with Crippen LogP contribution in [0.25, 0.3) is 0 Å². The second-order valence-electron chi connectivity index (χ2n) is 3.83. The van der Waals surface area contributed by atoms with Crippen LogP contribution in [0.2, 0.25) is 0 Å². The maximum absolute atomic E-state index is 11.8. The van der Waals surface area contributed by atoms with E-state index < -0.39 is 6.04 Å². The number of carbonyl (C=O) groups excluding carboxylic acids is 1. The molecule has 0 fully saturated rings. The number of hydrogen-bond donors (Lipinski definition) is 1. The van der Waals surface area contributed by atoms with E-state index in [4.69, 9.17) is 10.2 Å². The number of likely N-dealkylation sites (N-methyl/N-ethyl adjacent to an activating group) is 1. The molecule has 0 saturated carbocycles. The van der Waals surface area contributed by atoms with Gasteiger partial charge < -0.3 is 15.1 Å². The molecule has 1 amide bonds. The molecule has 88 valence electrons. The quantitative estimate of drug-likeness (QED) is 0.767. The highest BCUT2D eigenvalue weighted by molar-refractivity contribution is 5.81. The first-order valence-corrected chi connectivity index (χ1v) is 5.20. The molecule has 0 bridgehead atoms. The Balaban J connectivity index is 2.58. The maximum atomic E-state index is 11.8. The minimum atomic E-state index is -0.505. The van der Waals surface area contributed by atoms with E-state index in [2.05, 4.69) is 6.58 Å². The summed E-state index contributed by atoms with van der Waals surface area (Å²) in [5, 5.41) is 0. The zero-order valence-electron chi connectivity index (χ0n) is 9.77. The molecule has 16 heavy (non-hydrogen) atoms. The summed E-state index contributed by atoms with van der Waals surface area (Å²) in [6.45, 7) is 5.96. The molecule has 1 rings (SSSR count). The van der Waals surface area contributed by atoms with Gasteiger partial charge in [-0.25, -0.2) is 0 Å². The Bertz CT molecular complexity index is 371. The summed E-state index contributed by atoms with van der Waals surface area (Å²) >= 11 is 0. The molecule has 0 aromatic carbocycles. The van der Waals surface area contributed by atoms with Gasteiger partial charge in [0.25, 0.3) is 0 Å². The van der Waals surface area contributed by atoms with E-state index in [-0.39, 0.29) is 5.91 Å². The lowest BCUT2D eigenvalue weighted by atomic mass is 10.2. The standard InChI is InChI=1S/C12H18N2O2/c1-4-5-11(13)12(15)14(3)8-10-6-7-16-9(10)2/h4,6-7,11H,1,5,8,13H2,2-3H3. The van der Waals surface area contributed by atoms with Crippen molar-refractivity contribution in [2.45, 2.75) is 25.9 Å². The average molecular weight is 222 g/mol. The van der Waals surface area contributed by atoms with Gasteiger partial charge in [0.1, 0.15) is 5.76 Å². The lowest BCUT2D eigenvalue weighted by molar-refractivity contribution is -0.131. The number of carbonyl (C=O) groups is 1. The highest BCUT2D eigenvalue weighted by atomic mass is 16.3. The molecule has 4 heteroatoms. The van der Waals surface area contributed by atoms with Crippen LogP contribution in [-0.4, -0.2) is 23.9 Å². The Morgan fingerprint density at radius 3 is 2.94 bits per heavy atom. The van der Waals surface area contributed by atoms with Gasteiger partial charge in [-0.2, -0.15) is 0 Å². The van der Waals surface area contributed by atoms with Crippen LogP contribution >= 0.6 is 0 Å². The van der Waals surface area contributed by atoms with Crippen molar-refractivity contribution in [1.82, 2.24) is 4.90 Å². The molecular weight excluding hydrogens is 204 g/mol. The number of furan rings is 1. The molecule has 1 unspecified atom stereocenters. The summed E-state index contributed by atoms with van der Waals surface area (Å²) in [4.78, 5) is 13.4. The van der Waals surface area contributed by atoms with E-state index in [0.717, 1.165) is 11.3 Å². The summed E-state index contributed by atoms with van der Waals surface area (Å²) < 4.78 is 5.17. The van der Waals surface area contributed by atoms with Gasteiger partial charge in [0.15, 0.2) is 0 Å². The largest absolute Gasteiger partial charge is 0.469 e. The van der Waals surface area contributed by atoms with E-state index in [1.54, 1.807) is 24.3 Å². The summed E-state index contributed by atoms with van der Waals surface area (Å²) in [5.74, 6) is 0.748. The average Bonchev–Trinajstić information content (AvgIpc) is 2.63. The van der Waals surface area contributed by atoms with Crippen LogP contribution in [0.15, 0.2) is 29.4 Å². The SMILES string of the molecule is C=CCC(N)C(=O)N(C)Cc1ccoc1C. The first-order valence-electron chi connectivity index (χ1n) is 5.20. The van der Waals surface area contributed by atoms with Crippen LogP contribution in [-0.2, 0) is 11.3 Å². The number of nitrogens with zero attached hydrogens (tertiary/aromatic N) is 1. The Hall–Kier alpha value is -1.55. The van der Waals surface area contributed by atoms with Crippen LogP contribution in [0, 0.1) is 6.92 Å². The first kappa shape index (κ1) is 12.5. The second-order valence-corrected chi connectivity index (χ2v) is 3.83. The molecule has 0 saturated heterocycles. The smallest absolute Gasteiger partial charge is 0.239 e. The molecule has 2 N–H and O–H groups in total.